The van der Waals surface area contributed by atoms with Crippen molar-refractivity contribution in [1.29, 1.82) is 0 Å². The Labute approximate surface area is 174 Å². The summed E-state index contributed by atoms with van der Waals surface area (Å²) < 4.78 is 8.95. The lowest BCUT2D eigenvalue weighted by molar-refractivity contribution is -0.121. The van der Waals surface area contributed by atoms with Gasteiger partial charge >= 0.3 is 0 Å². The highest BCUT2D eigenvalue weighted by Crippen LogP contribution is 2.24. The van der Waals surface area contributed by atoms with Gasteiger partial charge in [-0.1, -0.05) is 19.8 Å². The molecule has 0 saturated carbocycles. The van der Waals surface area contributed by atoms with Crippen LogP contribution in [-0.2, 0) is 11.2 Å². The largest absolute Gasteiger partial charge is 0.497 e. The monoisotopic (exact) mass is 406 g/mol. The standard InChI is InChI=1S/C22H26N6O2/c1-3-4-5-12-23-21(29)11-10-20-24-25-22-19-15-18(26-28(19)14-13-27(20)22)16-6-8-17(30-2)9-7-16/h6-9,13-15H,3-5,10-12H2,1-2H3,(H,23,29). The second-order valence-electron chi connectivity index (χ2n) is 7.25. The number of fused-ring (bicyclic) bond motifs is 3. The fraction of sp³-hybridized carbons (Fsp3) is 0.364. The average Bonchev–Trinajstić information content (AvgIpc) is 3.39. The molecule has 8 heteroatoms. The van der Waals surface area contributed by atoms with Gasteiger partial charge in [0.15, 0.2) is 5.65 Å². The second-order valence-corrected chi connectivity index (χ2v) is 7.25. The third kappa shape index (κ3) is 4.12. The van der Waals surface area contributed by atoms with Gasteiger partial charge in [-0.05, 0) is 36.8 Å². The molecule has 0 unspecified atom stereocenters. The summed E-state index contributed by atoms with van der Waals surface area (Å²) in [6, 6.07) is 9.78. The number of methoxy groups -OCH3 is 1. The van der Waals surface area contributed by atoms with E-state index >= 15 is 0 Å². The normalized spacial score (nSPS) is 11.3. The Kier molecular flexibility index (Phi) is 5.92. The van der Waals surface area contributed by atoms with E-state index in [4.69, 9.17) is 4.74 Å². The van der Waals surface area contributed by atoms with E-state index in [1.54, 1.807) is 11.6 Å². The molecule has 30 heavy (non-hydrogen) atoms. The number of unbranched alkanes of at least 4 members (excludes halogenated alkanes) is 2. The van der Waals surface area contributed by atoms with Crippen molar-refractivity contribution in [2.45, 2.75) is 39.0 Å². The maximum absolute atomic E-state index is 12.1. The third-order valence-corrected chi connectivity index (χ3v) is 5.15. The maximum atomic E-state index is 12.1. The minimum atomic E-state index is 0.0510. The van der Waals surface area contributed by atoms with Gasteiger partial charge in [0.25, 0.3) is 0 Å². The molecule has 0 aliphatic rings. The molecule has 4 rings (SSSR count). The van der Waals surface area contributed by atoms with Crippen LogP contribution in [0.4, 0.5) is 0 Å². The lowest BCUT2D eigenvalue weighted by Gasteiger charge is -2.04. The van der Waals surface area contributed by atoms with Crippen LogP contribution >= 0.6 is 0 Å². The van der Waals surface area contributed by atoms with Crippen molar-refractivity contribution in [1.82, 2.24) is 29.5 Å². The fourth-order valence-corrected chi connectivity index (χ4v) is 3.45. The van der Waals surface area contributed by atoms with E-state index in [0.29, 0.717) is 12.8 Å². The van der Waals surface area contributed by atoms with E-state index in [9.17, 15) is 4.79 Å². The van der Waals surface area contributed by atoms with Crippen LogP contribution in [0.5, 0.6) is 5.75 Å². The number of carbonyl (C=O) groups excluding carboxylic acids is 1. The number of rotatable bonds is 9. The van der Waals surface area contributed by atoms with Crippen LogP contribution in [0.1, 0.15) is 38.4 Å². The number of nitrogens with one attached hydrogen (secondary N) is 1. The minimum Gasteiger partial charge on any atom is -0.497 e. The van der Waals surface area contributed by atoms with Crippen molar-refractivity contribution in [2.75, 3.05) is 13.7 Å². The molecule has 4 aromatic rings. The van der Waals surface area contributed by atoms with Gasteiger partial charge in [-0.2, -0.15) is 5.10 Å². The smallest absolute Gasteiger partial charge is 0.220 e. The van der Waals surface area contributed by atoms with Gasteiger partial charge in [0.2, 0.25) is 5.91 Å². The topological polar surface area (TPSA) is 85.8 Å². The predicted octanol–water partition coefficient (Wildman–Crippen LogP) is 3.29. The minimum absolute atomic E-state index is 0.0510. The fourth-order valence-electron chi connectivity index (χ4n) is 3.45. The Hall–Kier alpha value is -3.42. The molecule has 0 atom stereocenters. The molecule has 3 aromatic heterocycles. The van der Waals surface area contributed by atoms with Gasteiger partial charge in [-0.3, -0.25) is 9.20 Å². The Morgan fingerprint density at radius 1 is 1.13 bits per heavy atom. The van der Waals surface area contributed by atoms with Crippen molar-refractivity contribution in [3.63, 3.8) is 0 Å². The van der Waals surface area contributed by atoms with Gasteiger partial charge in [0, 0.05) is 37.3 Å². The van der Waals surface area contributed by atoms with Gasteiger partial charge in [-0.25, -0.2) is 4.52 Å². The zero-order valence-corrected chi connectivity index (χ0v) is 17.3. The molecule has 1 N–H and O–H groups in total. The molecule has 1 aromatic carbocycles. The Morgan fingerprint density at radius 2 is 1.97 bits per heavy atom. The van der Waals surface area contributed by atoms with E-state index in [0.717, 1.165) is 59.8 Å². The summed E-state index contributed by atoms with van der Waals surface area (Å²) in [7, 11) is 1.65. The summed E-state index contributed by atoms with van der Waals surface area (Å²) in [5.74, 6) is 1.62. The molecular weight excluding hydrogens is 380 g/mol. The molecule has 0 radical (unpaired) electrons. The predicted molar refractivity (Wildman–Crippen MR) is 115 cm³/mol. The average molecular weight is 406 g/mol. The highest BCUT2D eigenvalue weighted by atomic mass is 16.5. The van der Waals surface area contributed by atoms with E-state index in [1.165, 1.54) is 0 Å². The first-order valence-corrected chi connectivity index (χ1v) is 10.3. The lowest BCUT2D eigenvalue weighted by Crippen LogP contribution is -2.24. The Balaban J connectivity index is 1.51. The third-order valence-electron chi connectivity index (χ3n) is 5.15. The zero-order valence-electron chi connectivity index (χ0n) is 17.3. The summed E-state index contributed by atoms with van der Waals surface area (Å²) in [6.07, 6.45) is 8.01. The van der Waals surface area contributed by atoms with Gasteiger partial charge in [-0.15, -0.1) is 10.2 Å². The lowest BCUT2D eigenvalue weighted by atomic mass is 10.1. The summed E-state index contributed by atoms with van der Waals surface area (Å²) in [5, 5.41) is 16.3. The van der Waals surface area contributed by atoms with Crippen LogP contribution in [-0.4, -0.2) is 43.8 Å². The number of ether oxygens (including phenoxy) is 1. The molecule has 1 amide bonds. The first-order valence-electron chi connectivity index (χ1n) is 10.3. The van der Waals surface area contributed by atoms with Gasteiger partial charge in [0.05, 0.1) is 12.8 Å². The molecule has 0 aliphatic heterocycles. The first-order chi connectivity index (χ1) is 14.7. The number of aromatic nitrogens is 5. The van der Waals surface area contributed by atoms with Gasteiger partial charge < -0.3 is 10.1 Å². The van der Waals surface area contributed by atoms with Crippen molar-refractivity contribution >= 4 is 17.1 Å². The van der Waals surface area contributed by atoms with Crippen LogP contribution in [0, 0.1) is 0 Å². The van der Waals surface area contributed by atoms with E-state index in [1.807, 2.05) is 47.1 Å². The van der Waals surface area contributed by atoms with E-state index in [2.05, 4.69) is 27.5 Å². The number of hydrogen-bond acceptors (Lipinski definition) is 5. The highest BCUT2D eigenvalue weighted by molar-refractivity contribution is 5.77. The molecule has 156 valence electrons. The SMILES string of the molecule is CCCCCNC(=O)CCc1nnc2c3cc(-c4ccc(OC)cc4)nn3ccn12. The highest BCUT2D eigenvalue weighted by Gasteiger charge is 2.13. The van der Waals surface area contributed by atoms with Crippen molar-refractivity contribution in [3.05, 3.63) is 48.5 Å². The summed E-state index contributed by atoms with van der Waals surface area (Å²) >= 11 is 0. The summed E-state index contributed by atoms with van der Waals surface area (Å²) in [6.45, 7) is 2.88. The number of benzene rings is 1. The number of amides is 1. The number of aryl methyl sites for hydroxylation is 1. The molecule has 0 aliphatic carbocycles. The van der Waals surface area contributed by atoms with E-state index in [-0.39, 0.29) is 5.91 Å². The van der Waals surface area contributed by atoms with E-state index < -0.39 is 0 Å². The number of hydrogen-bond donors (Lipinski definition) is 1. The molecule has 3 heterocycles. The molecule has 0 bridgehead atoms. The number of nitrogens with zero attached hydrogens (tertiary/aromatic N) is 5. The van der Waals surface area contributed by atoms with Crippen LogP contribution in [0.2, 0.25) is 0 Å². The molecule has 0 saturated heterocycles. The van der Waals surface area contributed by atoms with Crippen molar-refractivity contribution in [2.24, 2.45) is 0 Å². The number of carbonyl (C=O) groups is 1. The molecule has 8 nitrogen and oxygen atoms in total. The van der Waals surface area contributed by atoms with Crippen LogP contribution in [0.3, 0.4) is 0 Å². The Morgan fingerprint density at radius 3 is 2.73 bits per heavy atom. The van der Waals surface area contributed by atoms with Crippen molar-refractivity contribution < 1.29 is 9.53 Å². The molecular formula is C22H26N6O2. The van der Waals surface area contributed by atoms with Crippen LogP contribution in [0.15, 0.2) is 42.7 Å². The zero-order chi connectivity index (χ0) is 20.9. The maximum Gasteiger partial charge on any atom is 0.220 e. The summed E-state index contributed by atoms with van der Waals surface area (Å²) in [4.78, 5) is 12.1. The van der Waals surface area contributed by atoms with Crippen LogP contribution < -0.4 is 10.1 Å². The Bertz CT molecular complexity index is 1150. The van der Waals surface area contributed by atoms with Crippen molar-refractivity contribution in [3.8, 4) is 17.0 Å². The molecule has 0 fully saturated rings. The van der Waals surface area contributed by atoms with Gasteiger partial charge in [0.1, 0.15) is 17.1 Å². The summed E-state index contributed by atoms with van der Waals surface area (Å²) in [5.41, 5.74) is 3.44. The first kappa shape index (κ1) is 19.9. The molecule has 0 spiro atoms. The quantitative estimate of drug-likeness (QED) is 0.431. The van der Waals surface area contributed by atoms with Crippen LogP contribution in [0.25, 0.3) is 22.4 Å². The second kappa shape index (κ2) is 8.94.